The number of fused-ring (bicyclic) bond motifs is 1. The van der Waals surface area contributed by atoms with Crippen molar-refractivity contribution in [1.29, 1.82) is 0 Å². The minimum atomic E-state index is -3.53. The van der Waals surface area contributed by atoms with Gasteiger partial charge in [0.1, 0.15) is 15.7 Å². The molecule has 0 unspecified atom stereocenters. The highest BCUT2D eigenvalue weighted by Crippen LogP contribution is 2.29. The second-order valence-corrected chi connectivity index (χ2v) is 9.95. The van der Waals surface area contributed by atoms with Gasteiger partial charge in [-0.25, -0.2) is 18.2 Å². The van der Waals surface area contributed by atoms with Gasteiger partial charge in [-0.1, -0.05) is 0 Å². The van der Waals surface area contributed by atoms with Crippen molar-refractivity contribution in [3.05, 3.63) is 26.6 Å². The molecule has 0 saturated carbocycles. The van der Waals surface area contributed by atoms with Gasteiger partial charge in [0.15, 0.2) is 11.9 Å². The molecule has 1 fully saturated rings. The molecule has 1 aliphatic heterocycles. The molecular weight excluding hydrogens is 434 g/mol. The van der Waals surface area contributed by atoms with Gasteiger partial charge in [0.25, 0.3) is 5.56 Å². The second-order valence-electron chi connectivity index (χ2n) is 7.02. The van der Waals surface area contributed by atoms with Crippen molar-refractivity contribution < 1.29 is 27.5 Å². The van der Waals surface area contributed by atoms with Crippen molar-refractivity contribution in [2.45, 2.75) is 45.8 Å². The van der Waals surface area contributed by atoms with E-state index < -0.39 is 39.7 Å². The third-order valence-corrected chi connectivity index (χ3v) is 7.31. The Bertz CT molecular complexity index is 1150. The number of sulfonamides is 1. The van der Waals surface area contributed by atoms with Crippen LogP contribution in [-0.2, 0) is 24.3 Å². The Morgan fingerprint density at radius 2 is 2.10 bits per heavy atom. The summed E-state index contributed by atoms with van der Waals surface area (Å²) in [4.78, 5) is 44.8. The first-order valence-corrected chi connectivity index (χ1v) is 12.1. The highest BCUT2D eigenvalue weighted by molar-refractivity contribution is 7.88. The van der Waals surface area contributed by atoms with Crippen LogP contribution in [-0.4, -0.2) is 60.1 Å². The Balaban J connectivity index is 1.87. The van der Waals surface area contributed by atoms with Crippen LogP contribution in [0, 0.1) is 6.92 Å². The zero-order valence-corrected chi connectivity index (χ0v) is 18.7. The van der Waals surface area contributed by atoms with Gasteiger partial charge in [-0.15, -0.1) is 11.3 Å². The summed E-state index contributed by atoms with van der Waals surface area (Å²) in [7, 11) is -3.53. The van der Waals surface area contributed by atoms with Gasteiger partial charge in [0.2, 0.25) is 10.0 Å². The molecule has 3 heterocycles. The van der Waals surface area contributed by atoms with Crippen molar-refractivity contribution in [2.24, 2.45) is 0 Å². The van der Waals surface area contributed by atoms with E-state index >= 15 is 0 Å². The van der Waals surface area contributed by atoms with Gasteiger partial charge in [-0.2, -0.15) is 4.31 Å². The summed E-state index contributed by atoms with van der Waals surface area (Å²) in [6.07, 6.45) is 1.07. The van der Waals surface area contributed by atoms with E-state index in [0.29, 0.717) is 28.1 Å². The summed E-state index contributed by atoms with van der Waals surface area (Å²) in [5.41, 5.74) is 0.0222. The lowest BCUT2D eigenvalue weighted by Gasteiger charge is -2.22. The molecule has 30 heavy (non-hydrogen) atoms. The highest BCUT2D eigenvalue weighted by atomic mass is 32.2. The van der Waals surface area contributed by atoms with Gasteiger partial charge in [-0.05, 0) is 39.2 Å². The van der Waals surface area contributed by atoms with Gasteiger partial charge in [0, 0.05) is 6.54 Å². The number of aromatic amines is 1. The zero-order chi connectivity index (χ0) is 22.2. The van der Waals surface area contributed by atoms with E-state index in [-0.39, 0.29) is 24.4 Å². The Kier molecular flexibility index (Phi) is 6.29. The number of rotatable bonds is 6. The molecule has 0 aliphatic carbocycles. The number of aromatic nitrogens is 2. The molecule has 1 N–H and O–H groups in total. The highest BCUT2D eigenvalue weighted by Gasteiger charge is 2.38. The first-order chi connectivity index (χ1) is 14.0. The smallest absolute Gasteiger partial charge is 0.348 e. The number of hydrogen-bond acceptors (Lipinski definition) is 9. The van der Waals surface area contributed by atoms with E-state index in [2.05, 4.69) is 9.97 Å². The quantitative estimate of drug-likeness (QED) is 0.645. The first kappa shape index (κ1) is 22.4. The molecule has 2 aromatic rings. The van der Waals surface area contributed by atoms with Crippen molar-refractivity contribution >= 4 is 43.5 Å². The van der Waals surface area contributed by atoms with Crippen LogP contribution in [0.4, 0.5) is 0 Å². The van der Waals surface area contributed by atoms with Crippen LogP contribution in [0.5, 0.6) is 0 Å². The molecule has 10 nitrogen and oxygen atoms in total. The lowest BCUT2D eigenvalue weighted by molar-refractivity contribution is -0.152. The summed E-state index contributed by atoms with van der Waals surface area (Å²) in [5.74, 6) is -1.11. The Labute approximate surface area is 177 Å². The molecule has 0 aromatic carbocycles. The third-order valence-electron chi connectivity index (χ3n) is 4.86. The maximum absolute atomic E-state index is 12.6. The van der Waals surface area contributed by atoms with E-state index in [1.165, 1.54) is 6.92 Å². The maximum atomic E-state index is 12.6. The van der Waals surface area contributed by atoms with Crippen molar-refractivity contribution in [2.75, 3.05) is 19.4 Å². The average molecular weight is 458 g/mol. The van der Waals surface area contributed by atoms with E-state index in [9.17, 15) is 22.8 Å². The molecule has 0 amide bonds. The first-order valence-electron chi connectivity index (χ1n) is 9.42. The molecule has 1 aliphatic rings. The summed E-state index contributed by atoms with van der Waals surface area (Å²) >= 11 is 1.03. The van der Waals surface area contributed by atoms with Crippen LogP contribution in [0.25, 0.3) is 10.2 Å². The number of nitrogens with one attached hydrogen (secondary N) is 1. The molecule has 2 aromatic heterocycles. The molecule has 2 atom stereocenters. The van der Waals surface area contributed by atoms with Crippen LogP contribution in [0.15, 0.2) is 4.79 Å². The van der Waals surface area contributed by atoms with Gasteiger partial charge < -0.3 is 14.5 Å². The van der Waals surface area contributed by atoms with Gasteiger partial charge in [-0.3, -0.25) is 9.59 Å². The number of nitrogens with zero attached hydrogens (tertiary/aromatic N) is 2. The standard InChI is InChI=1S/C18H23N3O7S2/c1-5-27-18(24)13-9(2)12-15(22)19-14(20-16(12)29-13)10(3)28-17(23)11-7-6-8-21(11)30(4,25)26/h10-11H,5-8H2,1-4H3,(H,19,20,22)/t10-,11-/m1/s1. The largest absolute Gasteiger partial charge is 0.462 e. The number of carbonyl (C=O) groups excluding carboxylic acids is 2. The van der Waals surface area contributed by atoms with Crippen molar-refractivity contribution in [3.63, 3.8) is 0 Å². The summed E-state index contributed by atoms with van der Waals surface area (Å²) in [6, 6.07) is -0.891. The number of esters is 2. The monoisotopic (exact) mass is 457 g/mol. The summed E-state index contributed by atoms with van der Waals surface area (Å²) in [6.45, 7) is 5.34. The van der Waals surface area contributed by atoms with E-state index in [1.54, 1.807) is 13.8 Å². The molecule has 0 radical (unpaired) electrons. The van der Waals surface area contributed by atoms with Crippen molar-refractivity contribution in [3.8, 4) is 0 Å². The van der Waals surface area contributed by atoms with Crippen molar-refractivity contribution in [1.82, 2.24) is 14.3 Å². The molecular formula is C18H23N3O7S2. The van der Waals surface area contributed by atoms with E-state index in [4.69, 9.17) is 9.47 Å². The number of ether oxygens (including phenoxy) is 2. The van der Waals surface area contributed by atoms with E-state index in [1.807, 2.05) is 0 Å². The molecule has 12 heteroatoms. The lowest BCUT2D eigenvalue weighted by Crippen LogP contribution is -2.41. The lowest BCUT2D eigenvalue weighted by atomic mass is 10.2. The van der Waals surface area contributed by atoms with Crippen LogP contribution in [0.2, 0.25) is 0 Å². The summed E-state index contributed by atoms with van der Waals surface area (Å²) < 4.78 is 35.2. The third kappa shape index (κ3) is 4.25. The fourth-order valence-electron chi connectivity index (χ4n) is 3.43. The molecule has 1 saturated heterocycles. The summed E-state index contributed by atoms with van der Waals surface area (Å²) in [5, 5.41) is 0.282. The Hall–Kier alpha value is -2.31. The molecule has 3 rings (SSSR count). The van der Waals surface area contributed by atoms with Crippen LogP contribution in [0.1, 0.15) is 53.9 Å². The number of H-pyrrole nitrogens is 1. The molecule has 0 bridgehead atoms. The number of thiophene rings is 1. The minimum Gasteiger partial charge on any atom is -0.462 e. The number of carbonyl (C=O) groups is 2. The Morgan fingerprint density at radius 3 is 2.73 bits per heavy atom. The SMILES string of the molecule is CCOC(=O)c1sc2nc([C@@H](C)OC(=O)[C@H]3CCCN3S(C)(=O)=O)[nH]c(=O)c2c1C. The van der Waals surface area contributed by atoms with Crippen LogP contribution in [0.3, 0.4) is 0 Å². The average Bonchev–Trinajstić information content (AvgIpc) is 3.27. The number of aryl methyl sites for hydroxylation is 1. The van der Waals surface area contributed by atoms with Gasteiger partial charge in [0.05, 0.1) is 18.2 Å². The normalized spacial score (nSPS) is 18.5. The zero-order valence-electron chi connectivity index (χ0n) is 17.1. The fraction of sp³-hybridized carbons (Fsp3) is 0.556. The van der Waals surface area contributed by atoms with E-state index in [0.717, 1.165) is 21.9 Å². The van der Waals surface area contributed by atoms with Crippen LogP contribution >= 0.6 is 11.3 Å². The maximum Gasteiger partial charge on any atom is 0.348 e. The predicted octanol–water partition coefficient (Wildman–Crippen LogP) is 1.50. The number of hydrogen-bond donors (Lipinski definition) is 1. The minimum absolute atomic E-state index is 0.112. The Morgan fingerprint density at radius 1 is 1.40 bits per heavy atom. The predicted molar refractivity (Wildman–Crippen MR) is 110 cm³/mol. The topological polar surface area (TPSA) is 136 Å². The molecule has 164 valence electrons. The second kappa shape index (κ2) is 8.44. The van der Waals surface area contributed by atoms with Crippen LogP contribution < -0.4 is 5.56 Å². The molecule has 0 spiro atoms. The van der Waals surface area contributed by atoms with Gasteiger partial charge >= 0.3 is 11.9 Å². The fourth-order valence-corrected chi connectivity index (χ4v) is 5.62.